The topological polar surface area (TPSA) is 96.9 Å². The molecule has 1 saturated heterocycles. The molecule has 158 valence electrons. The highest BCUT2D eigenvalue weighted by Crippen LogP contribution is 2.34. The van der Waals surface area contributed by atoms with Gasteiger partial charge in [0.2, 0.25) is 5.91 Å². The molecule has 0 aromatic heterocycles. The summed E-state index contributed by atoms with van der Waals surface area (Å²) in [5.74, 6) is 1.05. The lowest BCUT2D eigenvalue weighted by molar-refractivity contribution is -0.120. The number of ether oxygens (including phenoxy) is 1. The summed E-state index contributed by atoms with van der Waals surface area (Å²) in [5, 5.41) is 6.93. The number of thioether (sulfide) groups is 1. The molecule has 0 spiro atoms. The number of anilines is 1. The van der Waals surface area contributed by atoms with Crippen LogP contribution in [-0.4, -0.2) is 49.4 Å². The van der Waals surface area contributed by atoms with Crippen molar-refractivity contribution in [1.29, 1.82) is 0 Å². The van der Waals surface area contributed by atoms with Crippen LogP contribution < -0.4 is 15.4 Å². The van der Waals surface area contributed by atoms with E-state index >= 15 is 0 Å². The first-order valence-corrected chi connectivity index (χ1v) is 12.3. The van der Waals surface area contributed by atoms with Crippen LogP contribution >= 0.6 is 11.8 Å². The Labute approximate surface area is 180 Å². The van der Waals surface area contributed by atoms with Crippen LogP contribution in [0, 0.1) is 0 Å². The third kappa shape index (κ3) is 5.14. The fourth-order valence-electron chi connectivity index (χ4n) is 3.48. The molecule has 0 unspecified atom stereocenters. The van der Waals surface area contributed by atoms with Crippen LogP contribution in [0.4, 0.5) is 5.69 Å². The Morgan fingerprint density at radius 1 is 1.17 bits per heavy atom. The molecule has 1 amide bonds. The third-order valence-corrected chi connectivity index (χ3v) is 8.15. The normalized spacial score (nSPS) is 21.6. The van der Waals surface area contributed by atoms with Crippen molar-refractivity contribution in [2.45, 2.75) is 24.3 Å². The molecular weight excluding hydrogens is 422 g/mol. The molecule has 2 heterocycles. The smallest absolute Gasteiger partial charge is 0.224 e. The molecule has 2 aromatic rings. The number of nitrogens with one attached hydrogen (secondary N) is 2. The molecule has 1 fully saturated rings. The highest BCUT2D eigenvalue weighted by atomic mass is 32.2. The van der Waals surface area contributed by atoms with Crippen molar-refractivity contribution < 1.29 is 17.9 Å². The molecule has 30 heavy (non-hydrogen) atoms. The number of methoxy groups -OCH3 is 1. The van der Waals surface area contributed by atoms with E-state index in [0.29, 0.717) is 13.0 Å². The molecule has 2 aliphatic heterocycles. The summed E-state index contributed by atoms with van der Waals surface area (Å²) < 4.78 is 28.5. The predicted molar refractivity (Wildman–Crippen MR) is 120 cm³/mol. The molecule has 0 saturated carbocycles. The number of carbonyl (C=O) groups excluding carboxylic acids is 1. The Hall–Kier alpha value is -2.52. The van der Waals surface area contributed by atoms with Crippen LogP contribution in [0.25, 0.3) is 0 Å². The van der Waals surface area contributed by atoms with Gasteiger partial charge in [-0.2, -0.15) is 0 Å². The van der Waals surface area contributed by atoms with Gasteiger partial charge in [-0.3, -0.25) is 9.79 Å². The van der Waals surface area contributed by atoms with Crippen molar-refractivity contribution >= 4 is 38.4 Å². The fraction of sp³-hybridized carbons (Fsp3) is 0.333. The van der Waals surface area contributed by atoms with Gasteiger partial charge in [0.25, 0.3) is 0 Å². The highest BCUT2D eigenvalue weighted by Gasteiger charge is 2.42. The zero-order valence-corrected chi connectivity index (χ0v) is 18.1. The fourth-order valence-corrected chi connectivity index (χ4v) is 7.15. The van der Waals surface area contributed by atoms with Crippen LogP contribution in [0.15, 0.2) is 53.5 Å². The number of sulfone groups is 1. The summed E-state index contributed by atoms with van der Waals surface area (Å²) in [4.78, 5) is 16.7. The summed E-state index contributed by atoms with van der Waals surface area (Å²) in [7, 11) is -1.33. The zero-order chi connectivity index (χ0) is 21.1. The maximum atomic E-state index is 12.2. The van der Waals surface area contributed by atoms with Gasteiger partial charge in [-0.1, -0.05) is 36.0 Å². The Bertz CT molecular complexity index is 1070. The van der Waals surface area contributed by atoms with E-state index in [1.807, 2.05) is 48.5 Å². The maximum Gasteiger partial charge on any atom is 0.224 e. The number of hydrogen-bond acceptors (Lipinski definition) is 7. The molecule has 0 aliphatic carbocycles. The summed E-state index contributed by atoms with van der Waals surface area (Å²) in [6, 6.07) is 15.1. The van der Waals surface area contributed by atoms with E-state index < -0.39 is 9.84 Å². The first-order chi connectivity index (χ1) is 14.4. The molecule has 7 nitrogen and oxygen atoms in total. The van der Waals surface area contributed by atoms with E-state index in [2.05, 4.69) is 15.6 Å². The standard InChI is InChI=1S/C21H23N3O4S2/c1-28-17-4-2-3-15(9-17)11-22-20(25)10-14-5-7-16(8-6-14)23-21-24-18-12-30(26,27)13-19(18)29-21/h2-9,18-19H,10-13H2,1H3,(H,22,25)(H,23,24)/t18-,19+/m0/s1. The lowest BCUT2D eigenvalue weighted by Gasteiger charge is -2.09. The quantitative estimate of drug-likeness (QED) is 0.708. The Morgan fingerprint density at radius 3 is 2.70 bits per heavy atom. The maximum absolute atomic E-state index is 12.2. The SMILES string of the molecule is COc1cccc(CNC(=O)Cc2ccc(NC3=N[C@H]4CS(=O)(=O)C[C@H]4S3)cc2)c1. The molecule has 4 rings (SSSR count). The molecule has 2 aromatic carbocycles. The molecule has 0 radical (unpaired) electrons. The second-order valence-electron chi connectivity index (χ2n) is 7.36. The number of carbonyl (C=O) groups is 1. The van der Waals surface area contributed by atoms with E-state index in [1.165, 1.54) is 11.8 Å². The first-order valence-electron chi connectivity index (χ1n) is 9.61. The largest absolute Gasteiger partial charge is 0.497 e. The Kier molecular flexibility index (Phi) is 6.01. The molecule has 2 aliphatic rings. The minimum atomic E-state index is -2.94. The summed E-state index contributed by atoms with van der Waals surface area (Å²) >= 11 is 1.49. The van der Waals surface area contributed by atoms with Gasteiger partial charge in [-0.25, -0.2) is 8.42 Å². The van der Waals surface area contributed by atoms with E-state index in [9.17, 15) is 13.2 Å². The van der Waals surface area contributed by atoms with E-state index in [0.717, 1.165) is 27.7 Å². The molecular formula is C21H23N3O4S2. The second-order valence-corrected chi connectivity index (χ2v) is 10.7. The molecule has 2 atom stereocenters. The van der Waals surface area contributed by atoms with Gasteiger partial charge in [0, 0.05) is 17.5 Å². The number of amides is 1. The van der Waals surface area contributed by atoms with Crippen molar-refractivity contribution in [1.82, 2.24) is 5.32 Å². The van der Waals surface area contributed by atoms with Crippen molar-refractivity contribution in [3.05, 3.63) is 59.7 Å². The van der Waals surface area contributed by atoms with Crippen molar-refractivity contribution in [2.24, 2.45) is 4.99 Å². The first kappa shape index (κ1) is 20.7. The van der Waals surface area contributed by atoms with Crippen LogP contribution in [0.3, 0.4) is 0 Å². The average molecular weight is 446 g/mol. The van der Waals surface area contributed by atoms with Crippen LogP contribution in [-0.2, 0) is 27.6 Å². The lowest BCUT2D eigenvalue weighted by Crippen LogP contribution is -2.24. The average Bonchev–Trinajstić information content (AvgIpc) is 3.20. The highest BCUT2D eigenvalue weighted by molar-refractivity contribution is 8.15. The van der Waals surface area contributed by atoms with Gasteiger partial charge in [0.15, 0.2) is 15.0 Å². The van der Waals surface area contributed by atoms with Crippen molar-refractivity contribution in [3.8, 4) is 5.75 Å². The minimum absolute atomic E-state index is 0.0186. The van der Waals surface area contributed by atoms with Gasteiger partial charge in [0.1, 0.15) is 5.75 Å². The number of fused-ring (bicyclic) bond motifs is 1. The third-order valence-electron chi connectivity index (χ3n) is 5.01. The second kappa shape index (κ2) is 8.69. The van der Waals surface area contributed by atoms with Gasteiger partial charge < -0.3 is 15.4 Å². The molecule has 0 bridgehead atoms. The number of rotatable bonds is 6. The lowest BCUT2D eigenvalue weighted by atomic mass is 10.1. The van der Waals surface area contributed by atoms with Crippen molar-refractivity contribution in [3.63, 3.8) is 0 Å². The van der Waals surface area contributed by atoms with Crippen molar-refractivity contribution in [2.75, 3.05) is 23.9 Å². The number of benzene rings is 2. The summed E-state index contributed by atoms with van der Waals surface area (Å²) in [6.07, 6.45) is 0.294. The monoisotopic (exact) mass is 445 g/mol. The Morgan fingerprint density at radius 2 is 1.97 bits per heavy atom. The number of aliphatic imine (C=N–C) groups is 1. The number of hydrogen-bond donors (Lipinski definition) is 2. The van der Waals surface area contributed by atoms with Gasteiger partial charge >= 0.3 is 0 Å². The van der Waals surface area contributed by atoms with E-state index in [4.69, 9.17) is 4.74 Å². The van der Waals surface area contributed by atoms with Gasteiger partial charge in [0.05, 0.1) is 31.1 Å². The zero-order valence-electron chi connectivity index (χ0n) is 16.5. The predicted octanol–water partition coefficient (Wildman–Crippen LogP) is 2.23. The Balaban J connectivity index is 1.27. The number of nitrogens with zero attached hydrogens (tertiary/aromatic N) is 1. The minimum Gasteiger partial charge on any atom is -0.497 e. The van der Waals surface area contributed by atoms with Crippen LogP contribution in [0.1, 0.15) is 11.1 Å². The van der Waals surface area contributed by atoms with Gasteiger partial charge in [-0.15, -0.1) is 0 Å². The molecule has 9 heteroatoms. The number of amidine groups is 1. The van der Waals surface area contributed by atoms with Crippen LogP contribution in [0.5, 0.6) is 5.75 Å². The van der Waals surface area contributed by atoms with Gasteiger partial charge in [-0.05, 0) is 35.4 Å². The van der Waals surface area contributed by atoms with E-state index in [1.54, 1.807) is 7.11 Å². The molecule has 2 N–H and O–H groups in total. The summed E-state index contributed by atoms with van der Waals surface area (Å²) in [6.45, 7) is 0.449. The van der Waals surface area contributed by atoms with E-state index in [-0.39, 0.29) is 28.7 Å². The summed E-state index contributed by atoms with van der Waals surface area (Å²) in [5.41, 5.74) is 2.76. The van der Waals surface area contributed by atoms with Crippen LogP contribution in [0.2, 0.25) is 0 Å².